The lowest BCUT2D eigenvalue weighted by atomic mass is 10.2. The second-order valence-corrected chi connectivity index (χ2v) is 5.52. The first-order chi connectivity index (χ1) is 12.0. The third kappa shape index (κ3) is 5.53. The second-order valence-electron chi connectivity index (χ2n) is 5.52. The molecule has 2 aromatic rings. The van der Waals surface area contributed by atoms with Crippen molar-refractivity contribution in [2.45, 2.75) is 13.3 Å². The number of carbonyl (C=O) groups is 2. The molecule has 0 aliphatic rings. The SMILES string of the molecule is COc1cc(OC)cc(C(=O)NCCC(=O)Nc2ccc(C)cc2)c1. The van der Waals surface area contributed by atoms with E-state index in [-0.39, 0.29) is 24.8 Å². The molecule has 0 heterocycles. The zero-order chi connectivity index (χ0) is 18.2. The Labute approximate surface area is 147 Å². The molecule has 2 rings (SSSR count). The highest BCUT2D eigenvalue weighted by molar-refractivity contribution is 5.96. The summed E-state index contributed by atoms with van der Waals surface area (Å²) >= 11 is 0. The normalized spacial score (nSPS) is 10.0. The summed E-state index contributed by atoms with van der Waals surface area (Å²) in [5, 5.41) is 5.51. The number of carbonyl (C=O) groups excluding carboxylic acids is 2. The zero-order valence-electron chi connectivity index (χ0n) is 14.6. The number of methoxy groups -OCH3 is 2. The standard InChI is InChI=1S/C19H22N2O4/c1-13-4-6-15(7-5-13)21-18(22)8-9-20-19(23)14-10-16(24-2)12-17(11-14)25-3/h4-7,10-12H,8-9H2,1-3H3,(H,20,23)(H,21,22). The molecule has 6 heteroatoms. The average molecular weight is 342 g/mol. The van der Waals surface area contributed by atoms with E-state index in [1.165, 1.54) is 14.2 Å². The number of anilines is 1. The monoisotopic (exact) mass is 342 g/mol. The molecule has 25 heavy (non-hydrogen) atoms. The maximum Gasteiger partial charge on any atom is 0.251 e. The number of rotatable bonds is 7. The molecule has 0 bridgehead atoms. The number of hydrogen-bond donors (Lipinski definition) is 2. The van der Waals surface area contributed by atoms with Crippen molar-refractivity contribution in [2.75, 3.05) is 26.1 Å². The van der Waals surface area contributed by atoms with Gasteiger partial charge in [0.25, 0.3) is 5.91 Å². The molecule has 6 nitrogen and oxygen atoms in total. The molecule has 0 radical (unpaired) electrons. The molecule has 2 N–H and O–H groups in total. The van der Waals surface area contributed by atoms with Gasteiger partial charge >= 0.3 is 0 Å². The minimum atomic E-state index is -0.291. The van der Waals surface area contributed by atoms with Gasteiger partial charge < -0.3 is 20.1 Å². The lowest BCUT2D eigenvalue weighted by Gasteiger charge is -2.09. The Bertz CT molecular complexity index is 719. The van der Waals surface area contributed by atoms with Crippen LogP contribution in [0.25, 0.3) is 0 Å². The van der Waals surface area contributed by atoms with E-state index in [1.807, 2.05) is 31.2 Å². The van der Waals surface area contributed by atoms with Gasteiger partial charge in [0.15, 0.2) is 0 Å². The van der Waals surface area contributed by atoms with Crippen molar-refractivity contribution < 1.29 is 19.1 Å². The van der Waals surface area contributed by atoms with Crippen LogP contribution in [0.3, 0.4) is 0 Å². The summed E-state index contributed by atoms with van der Waals surface area (Å²) in [5.74, 6) is 0.607. The van der Waals surface area contributed by atoms with Gasteiger partial charge in [-0.25, -0.2) is 0 Å². The maximum atomic E-state index is 12.2. The predicted molar refractivity (Wildman–Crippen MR) is 96.3 cm³/mol. The number of amides is 2. The van der Waals surface area contributed by atoms with Crippen LogP contribution in [-0.4, -0.2) is 32.6 Å². The molecule has 2 amide bonds. The molecular formula is C19H22N2O4. The summed E-state index contributed by atoms with van der Waals surface area (Å²) in [6.45, 7) is 2.21. The Morgan fingerprint density at radius 1 is 0.960 bits per heavy atom. The molecule has 0 fully saturated rings. The topological polar surface area (TPSA) is 76.7 Å². The van der Waals surface area contributed by atoms with Crippen molar-refractivity contribution in [3.05, 3.63) is 53.6 Å². The van der Waals surface area contributed by atoms with E-state index in [0.29, 0.717) is 17.1 Å². The number of nitrogens with one attached hydrogen (secondary N) is 2. The van der Waals surface area contributed by atoms with E-state index in [0.717, 1.165) is 11.3 Å². The minimum Gasteiger partial charge on any atom is -0.497 e. The van der Waals surface area contributed by atoms with Crippen LogP contribution >= 0.6 is 0 Å². The molecule has 132 valence electrons. The Kier molecular flexibility index (Phi) is 6.39. The fourth-order valence-corrected chi connectivity index (χ4v) is 2.19. The first kappa shape index (κ1) is 18.3. The van der Waals surface area contributed by atoms with Crippen molar-refractivity contribution in [3.63, 3.8) is 0 Å². The van der Waals surface area contributed by atoms with Crippen LogP contribution in [-0.2, 0) is 4.79 Å². The Balaban J connectivity index is 1.85. The van der Waals surface area contributed by atoms with Crippen LogP contribution in [0.15, 0.2) is 42.5 Å². The molecule has 2 aromatic carbocycles. The number of benzene rings is 2. The summed E-state index contributed by atoms with van der Waals surface area (Å²) < 4.78 is 10.3. The molecular weight excluding hydrogens is 320 g/mol. The van der Waals surface area contributed by atoms with Crippen molar-refractivity contribution in [3.8, 4) is 11.5 Å². The first-order valence-electron chi connectivity index (χ1n) is 7.89. The summed E-state index contributed by atoms with van der Waals surface area (Å²) in [7, 11) is 3.04. The highest BCUT2D eigenvalue weighted by Gasteiger charge is 2.10. The van der Waals surface area contributed by atoms with Crippen molar-refractivity contribution in [2.24, 2.45) is 0 Å². The number of aryl methyl sites for hydroxylation is 1. The summed E-state index contributed by atoms with van der Waals surface area (Å²) in [4.78, 5) is 24.1. The fraction of sp³-hybridized carbons (Fsp3) is 0.263. The van der Waals surface area contributed by atoms with Crippen LogP contribution < -0.4 is 20.1 Å². The maximum absolute atomic E-state index is 12.2. The van der Waals surface area contributed by atoms with E-state index in [1.54, 1.807) is 18.2 Å². The molecule has 0 spiro atoms. The highest BCUT2D eigenvalue weighted by atomic mass is 16.5. The van der Waals surface area contributed by atoms with Crippen LogP contribution in [0, 0.1) is 6.92 Å². The van der Waals surface area contributed by atoms with Crippen molar-refractivity contribution in [1.29, 1.82) is 0 Å². The van der Waals surface area contributed by atoms with Gasteiger partial charge in [-0.05, 0) is 31.2 Å². The molecule has 0 aliphatic heterocycles. The molecule has 0 aromatic heterocycles. The van der Waals surface area contributed by atoms with Crippen LogP contribution in [0.5, 0.6) is 11.5 Å². The number of ether oxygens (including phenoxy) is 2. The van der Waals surface area contributed by atoms with Crippen molar-refractivity contribution >= 4 is 17.5 Å². The van der Waals surface area contributed by atoms with Gasteiger partial charge in [0.2, 0.25) is 5.91 Å². The van der Waals surface area contributed by atoms with E-state index in [9.17, 15) is 9.59 Å². The predicted octanol–water partition coefficient (Wildman–Crippen LogP) is 2.77. The number of hydrogen-bond acceptors (Lipinski definition) is 4. The smallest absolute Gasteiger partial charge is 0.251 e. The third-order valence-electron chi connectivity index (χ3n) is 3.59. The van der Waals surface area contributed by atoms with Gasteiger partial charge in [-0.3, -0.25) is 9.59 Å². The summed E-state index contributed by atoms with van der Waals surface area (Å²) in [6, 6.07) is 12.4. The average Bonchev–Trinajstić information content (AvgIpc) is 2.63. The van der Waals surface area contributed by atoms with Gasteiger partial charge in [0.1, 0.15) is 11.5 Å². The molecule has 0 saturated carbocycles. The molecule has 0 atom stereocenters. The van der Waals surface area contributed by atoms with E-state index in [2.05, 4.69) is 10.6 Å². The van der Waals surface area contributed by atoms with Gasteiger partial charge in [0, 0.05) is 30.3 Å². The van der Waals surface area contributed by atoms with Crippen LogP contribution in [0.1, 0.15) is 22.3 Å². The van der Waals surface area contributed by atoms with Gasteiger partial charge in [-0.1, -0.05) is 17.7 Å². The van der Waals surface area contributed by atoms with Gasteiger partial charge in [0.05, 0.1) is 14.2 Å². The Hall–Kier alpha value is -3.02. The summed E-state index contributed by atoms with van der Waals surface area (Å²) in [6.07, 6.45) is 0.181. The van der Waals surface area contributed by atoms with Crippen LogP contribution in [0.4, 0.5) is 5.69 Å². The van der Waals surface area contributed by atoms with Gasteiger partial charge in [-0.15, -0.1) is 0 Å². The quantitative estimate of drug-likeness (QED) is 0.811. The fourth-order valence-electron chi connectivity index (χ4n) is 2.19. The largest absolute Gasteiger partial charge is 0.497 e. The molecule has 0 unspecified atom stereocenters. The first-order valence-corrected chi connectivity index (χ1v) is 7.89. The van der Waals surface area contributed by atoms with E-state index >= 15 is 0 Å². The van der Waals surface area contributed by atoms with E-state index in [4.69, 9.17) is 9.47 Å². The van der Waals surface area contributed by atoms with Crippen molar-refractivity contribution in [1.82, 2.24) is 5.32 Å². The zero-order valence-corrected chi connectivity index (χ0v) is 14.6. The Morgan fingerprint density at radius 3 is 2.12 bits per heavy atom. The molecule has 0 aliphatic carbocycles. The van der Waals surface area contributed by atoms with Gasteiger partial charge in [-0.2, -0.15) is 0 Å². The third-order valence-corrected chi connectivity index (χ3v) is 3.59. The van der Waals surface area contributed by atoms with Crippen LogP contribution in [0.2, 0.25) is 0 Å². The lowest BCUT2D eigenvalue weighted by Crippen LogP contribution is -2.27. The second kappa shape index (κ2) is 8.73. The minimum absolute atomic E-state index is 0.160. The summed E-state index contributed by atoms with van der Waals surface area (Å²) in [5.41, 5.74) is 2.27. The Morgan fingerprint density at radius 2 is 1.56 bits per heavy atom. The van der Waals surface area contributed by atoms with E-state index < -0.39 is 0 Å². The lowest BCUT2D eigenvalue weighted by molar-refractivity contribution is -0.116. The highest BCUT2D eigenvalue weighted by Crippen LogP contribution is 2.22. The molecule has 0 saturated heterocycles.